The van der Waals surface area contributed by atoms with E-state index < -0.39 is 0 Å². The van der Waals surface area contributed by atoms with Gasteiger partial charge in [-0.1, -0.05) is 12.1 Å². The van der Waals surface area contributed by atoms with Crippen LogP contribution >= 0.6 is 0 Å². The summed E-state index contributed by atoms with van der Waals surface area (Å²) in [6.07, 6.45) is 3.72. The maximum absolute atomic E-state index is 5.79. The molecule has 1 aromatic carbocycles. The van der Waals surface area contributed by atoms with Gasteiger partial charge in [0, 0.05) is 18.6 Å². The van der Waals surface area contributed by atoms with Crippen LogP contribution in [0.15, 0.2) is 24.3 Å². The van der Waals surface area contributed by atoms with Crippen LogP contribution in [0.2, 0.25) is 0 Å². The molecule has 1 aliphatic rings. The van der Waals surface area contributed by atoms with Crippen LogP contribution in [0.5, 0.6) is 5.75 Å². The average molecular weight is 262 g/mol. The second kappa shape index (κ2) is 6.40. The van der Waals surface area contributed by atoms with Crippen LogP contribution in [-0.4, -0.2) is 30.1 Å². The summed E-state index contributed by atoms with van der Waals surface area (Å²) in [6, 6.07) is 8.06. The largest absolute Gasteiger partial charge is 0.494 e. The van der Waals surface area contributed by atoms with Crippen LogP contribution in [0, 0.1) is 0 Å². The Kier molecular flexibility index (Phi) is 4.83. The summed E-state index contributed by atoms with van der Waals surface area (Å²) in [7, 11) is 0. The van der Waals surface area contributed by atoms with Gasteiger partial charge in [0.2, 0.25) is 0 Å². The van der Waals surface area contributed by atoms with E-state index in [4.69, 9.17) is 10.5 Å². The maximum atomic E-state index is 5.79. The van der Waals surface area contributed by atoms with Crippen LogP contribution in [0.25, 0.3) is 0 Å². The van der Waals surface area contributed by atoms with Crippen molar-refractivity contribution in [2.45, 2.75) is 45.2 Å². The number of nitrogens with zero attached hydrogens (tertiary/aromatic N) is 1. The first-order valence-corrected chi connectivity index (χ1v) is 7.29. The number of hydrogen-bond acceptors (Lipinski definition) is 3. The summed E-state index contributed by atoms with van der Waals surface area (Å²) in [5, 5.41) is 0. The van der Waals surface area contributed by atoms with Gasteiger partial charge in [0.15, 0.2) is 0 Å². The predicted octanol–water partition coefficient (Wildman–Crippen LogP) is 2.79. The van der Waals surface area contributed by atoms with Gasteiger partial charge in [-0.2, -0.15) is 0 Å². The molecular formula is C16H26N2O. The molecule has 0 aromatic heterocycles. The standard InChI is InChI=1S/C16H26N2O/c1-16(2)8-4-9-18(16)10-5-11-19-15-7-3-6-14(12-15)13-17/h3,6-7,12H,4-5,8-11,13,17H2,1-2H3. The van der Waals surface area contributed by atoms with E-state index in [0.717, 1.165) is 30.9 Å². The first-order valence-electron chi connectivity index (χ1n) is 7.29. The number of ether oxygens (including phenoxy) is 1. The molecule has 0 saturated carbocycles. The fourth-order valence-electron chi connectivity index (χ4n) is 2.79. The normalized spacial score (nSPS) is 18.7. The quantitative estimate of drug-likeness (QED) is 0.801. The van der Waals surface area contributed by atoms with E-state index in [1.165, 1.54) is 19.4 Å². The van der Waals surface area contributed by atoms with Gasteiger partial charge in [0.05, 0.1) is 6.61 Å². The van der Waals surface area contributed by atoms with Crippen LogP contribution in [0.4, 0.5) is 0 Å². The van der Waals surface area contributed by atoms with Crippen LogP contribution in [0.1, 0.15) is 38.7 Å². The van der Waals surface area contributed by atoms with Gasteiger partial charge >= 0.3 is 0 Å². The van der Waals surface area contributed by atoms with Crippen molar-refractivity contribution in [2.75, 3.05) is 19.7 Å². The van der Waals surface area contributed by atoms with Gasteiger partial charge < -0.3 is 10.5 Å². The molecule has 3 heteroatoms. The molecule has 2 N–H and O–H groups in total. The zero-order chi connectivity index (χ0) is 13.7. The van der Waals surface area contributed by atoms with Gasteiger partial charge in [-0.05, 0) is 57.4 Å². The minimum absolute atomic E-state index is 0.374. The maximum Gasteiger partial charge on any atom is 0.119 e. The Morgan fingerprint density at radius 1 is 1.37 bits per heavy atom. The molecule has 2 rings (SSSR count). The molecule has 1 aromatic rings. The molecule has 0 radical (unpaired) electrons. The van der Waals surface area contributed by atoms with E-state index >= 15 is 0 Å². The van der Waals surface area contributed by atoms with E-state index in [-0.39, 0.29) is 0 Å². The summed E-state index contributed by atoms with van der Waals surface area (Å²) in [6.45, 7) is 8.39. The van der Waals surface area contributed by atoms with Gasteiger partial charge in [0.1, 0.15) is 5.75 Å². The Balaban J connectivity index is 1.72. The highest BCUT2D eigenvalue weighted by atomic mass is 16.5. The van der Waals surface area contributed by atoms with Crippen molar-refractivity contribution in [3.63, 3.8) is 0 Å². The number of benzene rings is 1. The van der Waals surface area contributed by atoms with Gasteiger partial charge in [-0.15, -0.1) is 0 Å². The second-order valence-electron chi connectivity index (χ2n) is 5.96. The number of likely N-dealkylation sites (tertiary alicyclic amines) is 1. The monoisotopic (exact) mass is 262 g/mol. The van der Waals surface area contributed by atoms with Crippen molar-refractivity contribution < 1.29 is 4.74 Å². The Labute approximate surface area is 116 Å². The van der Waals surface area contributed by atoms with Crippen molar-refractivity contribution in [1.29, 1.82) is 0 Å². The lowest BCUT2D eigenvalue weighted by Gasteiger charge is -2.31. The van der Waals surface area contributed by atoms with Gasteiger partial charge in [0.25, 0.3) is 0 Å². The molecule has 0 bridgehead atoms. The summed E-state index contributed by atoms with van der Waals surface area (Å²) >= 11 is 0. The molecule has 3 nitrogen and oxygen atoms in total. The molecule has 1 fully saturated rings. The van der Waals surface area contributed by atoms with E-state index in [1.807, 2.05) is 24.3 Å². The van der Waals surface area contributed by atoms with Crippen molar-refractivity contribution in [1.82, 2.24) is 4.90 Å². The van der Waals surface area contributed by atoms with E-state index in [0.29, 0.717) is 12.1 Å². The molecule has 0 unspecified atom stereocenters. The zero-order valence-electron chi connectivity index (χ0n) is 12.2. The first-order chi connectivity index (χ1) is 9.12. The van der Waals surface area contributed by atoms with Crippen molar-refractivity contribution in [3.05, 3.63) is 29.8 Å². The Morgan fingerprint density at radius 3 is 2.89 bits per heavy atom. The third-order valence-corrected chi connectivity index (χ3v) is 4.05. The topological polar surface area (TPSA) is 38.5 Å². The zero-order valence-corrected chi connectivity index (χ0v) is 12.2. The highest BCUT2D eigenvalue weighted by Gasteiger charge is 2.30. The van der Waals surface area contributed by atoms with Crippen molar-refractivity contribution in [2.24, 2.45) is 5.73 Å². The van der Waals surface area contributed by atoms with Gasteiger partial charge in [-0.3, -0.25) is 4.90 Å². The average Bonchev–Trinajstić information content (AvgIpc) is 2.74. The fraction of sp³-hybridized carbons (Fsp3) is 0.625. The van der Waals surface area contributed by atoms with Crippen LogP contribution in [0.3, 0.4) is 0 Å². The molecule has 0 spiro atoms. The smallest absolute Gasteiger partial charge is 0.119 e. The van der Waals surface area contributed by atoms with Crippen molar-refractivity contribution in [3.8, 4) is 5.75 Å². The van der Waals surface area contributed by atoms with E-state index in [2.05, 4.69) is 18.7 Å². The predicted molar refractivity (Wildman–Crippen MR) is 79.3 cm³/mol. The van der Waals surface area contributed by atoms with E-state index in [1.54, 1.807) is 0 Å². The molecule has 0 aliphatic carbocycles. The Bertz CT molecular complexity index is 403. The summed E-state index contributed by atoms with van der Waals surface area (Å²) in [5.41, 5.74) is 7.12. The third kappa shape index (κ3) is 3.95. The van der Waals surface area contributed by atoms with Gasteiger partial charge in [-0.25, -0.2) is 0 Å². The molecule has 106 valence electrons. The number of hydrogen-bond donors (Lipinski definition) is 1. The van der Waals surface area contributed by atoms with Crippen LogP contribution < -0.4 is 10.5 Å². The SMILES string of the molecule is CC1(C)CCCN1CCCOc1cccc(CN)c1. The summed E-state index contributed by atoms with van der Waals surface area (Å²) < 4.78 is 5.79. The minimum atomic E-state index is 0.374. The van der Waals surface area contributed by atoms with E-state index in [9.17, 15) is 0 Å². The third-order valence-electron chi connectivity index (χ3n) is 4.05. The first kappa shape index (κ1) is 14.4. The molecular weight excluding hydrogens is 236 g/mol. The lowest BCUT2D eigenvalue weighted by Crippen LogP contribution is -2.39. The highest BCUT2D eigenvalue weighted by Crippen LogP contribution is 2.27. The Hall–Kier alpha value is -1.06. The highest BCUT2D eigenvalue weighted by molar-refractivity contribution is 5.28. The Morgan fingerprint density at radius 2 is 2.21 bits per heavy atom. The second-order valence-corrected chi connectivity index (χ2v) is 5.96. The summed E-state index contributed by atoms with van der Waals surface area (Å²) in [5.74, 6) is 0.934. The lowest BCUT2D eigenvalue weighted by atomic mass is 10.0. The molecule has 1 aliphatic heterocycles. The van der Waals surface area contributed by atoms with Crippen LogP contribution in [-0.2, 0) is 6.54 Å². The molecule has 19 heavy (non-hydrogen) atoms. The molecule has 0 atom stereocenters. The fourth-order valence-corrected chi connectivity index (χ4v) is 2.79. The minimum Gasteiger partial charge on any atom is -0.494 e. The van der Waals surface area contributed by atoms with Crippen molar-refractivity contribution >= 4 is 0 Å². The molecule has 1 heterocycles. The lowest BCUT2D eigenvalue weighted by molar-refractivity contribution is 0.160. The molecule has 1 saturated heterocycles. The molecule has 0 amide bonds. The number of rotatable bonds is 6. The summed E-state index contributed by atoms with van der Waals surface area (Å²) in [4.78, 5) is 2.58. The number of nitrogens with two attached hydrogens (primary N) is 1.